The fourth-order valence-corrected chi connectivity index (χ4v) is 7.96. The molecular weight excluding hydrogens is 751 g/mol. The van der Waals surface area contributed by atoms with E-state index in [0.29, 0.717) is 19.3 Å². The topological polar surface area (TPSA) is 189 Å². The van der Waals surface area contributed by atoms with Gasteiger partial charge in [-0.15, -0.1) is 0 Å². The third kappa shape index (κ3) is 28.2. The van der Waals surface area contributed by atoms with Gasteiger partial charge in [-0.05, 0) is 38.5 Å². The van der Waals surface area contributed by atoms with Crippen LogP contribution in [0.4, 0.5) is 0 Å². The first kappa shape index (κ1) is 55.9. The minimum absolute atomic E-state index is 0.262. The molecule has 1 rings (SSSR count). The Bertz CT molecular complexity index is 970. The first-order valence-corrected chi connectivity index (χ1v) is 24.6. The Hall–Kier alpha value is -1.15. The van der Waals surface area contributed by atoms with E-state index in [-0.39, 0.29) is 6.42 Å². The maximum atomic E-state index is 13.1. The molecule has 0 radical (unpaired) electrons. The zero-order chi connectivity index (χ0) is 43.4. The van der Waals surface area contributed by atoms with Crippen molar-refractivity contribution >= 4 is 5.91 Å². The van der Waals surface area contributed by atoms with E-state index in [9.17, 15) is 40.5 Å². The van der Waals surface area contributed by atoms with Crippen molar-refractivity contribution < 1.29 is 50.0 Å². The second kappa shape index (κ2) is 38.5. The SMILES string of the molecule is CCCCCCCCC=CCCCCCCC(O)C(O)C(COC1OC(CO)C(O)C(O)C1O)NC(=O)C(O)CCCCCCCCCCCCCCCCCCCC. The highest BCUT2D eigenvalue weighted by atomic mass is 16.7. The first-order valence-electron chi connectivity index (χ1n) is 24.6. The molecule has 59 heavy (non-hydrogen) atoms. The Morgan fingerprint density at radius 3 is 1.42 bits per heavy atom. The van der Waals surface area contributed by atoms with Crippen LogP contribution in [-0.4, -0.2) is 110 Å². The van der Waals surface area contributed by atoms with Crippen LogP contribution in [0.2, 0.25) is 0 Å². The summed E-state index contributed by atoms with van der Waals surface area (Å²) in [5.74, 6) is -0.699. The fourth-order valence-electron chi connectivity index (χ4n) is 7.96. The molecule has 0 aliphatic carbocycles. The van der Waals surface area contributed by atoms with Crippen molar-refractivity contribution in [1.82, 2.24) is 5.32 Å². The molecule has 0 saturated carbocycles. The van der Waals surface area contributed by atoms with Crippen LogP contribution in [-0.2, 0) is 14.3 Å². The molecule has 11 heteroatoms. The van der Waals surface area contributed by atoms with E-state index in [1.54, 1.807) is 0 Å². The van der Waals surface area contributed by atoms with E-state index in [1.165, 1.54) is 128 Å². The summed E-state index contributed by atoms with van der Waals surface area (Å²) in [4.78, 5) is 13.1. The molecule has 1 aliphatic rings. The molecule has 0 aromatic carbocycles. The molecule has 1 aliphatic heterocycles. The van der Waals surface area contributed by atoms with Crippen molar-refractivity contribution in [2.75, 3.05) is 13.2 Å². The average Bonchev–Trinajstić information content (AvgIpc) is 3.23. The number of amides is 1. The lowest BCUT2D eigenvalue weighted by Gasteiger charge is -2.40. The van der Waals surface area contributed by atoms with Crippen molar-refractivity contribution in [3.05, 3.63) is 12.2 Å². The Balaban J connectivity index is 2.42. The van der Waals surface area contributed by atoms with Crippen molar-refractivity contribution in [1.29, 1.82) is 0 Å². The molecular formula is C48H93NO10. The summed E-state index contributed by atoms with van der Waals surface area (Å²) in [7, 11) is 0. The molecule has 9 unspecified atom stereocenters. The van der Waals surface area contributed by atoms with Crippen molar-refractivity contribution in [3.63, 3.8) is 0 Å². The summed E-state index contributed by atoms with van der Waals surface area (Å²) in [5, 5.41) is 75.7. The van der Waals surface area contributed by atoms with Gasteiger partial charge in [0.2, 0.25) is 5.91 Å². The van der Waals surface area contributed by atoms with Gasteiger partial charge in [-0.2, -0.15) is 0 Å². The molecule has 11 nitrogen and oxygen atoms in total. The van der Waals surface area contributed by atoms with Gasteiger partial charge in [0.25, 0.3) is 0 Å². The van der Waals surface area contributed by atoms with Gasteiger partial charge in [0.15, 0.2) is 6.29 Å². The smallest absolute Gasteiger partial charge is 0.249 e. The predicted octanol–water partition coefficient (Wildman–Crippen LogP) is 8.45. The normalized spacial score (nSPS) is 21.8. The van der Waals surface area contributed by atoms with Crippen LogP contribution in [0.25, 0.3) is 0 Å². The van der Waals surface area contributed by atoms with E-state index in [2.05, 4.69) is 31.3 Å². The zero-order valence-corrected chi connectivity index (χ0v) is 37.7. The van der Waals surface area contributed by atoms with E-state index in [4.69, 9.17) is 9.47 Å². The molecule has 0 aromatic heterocycles. The minimum atomic E-state index is -1.66. The third-order valence-corrected chi connectivity index (χ3v) is 12.1. The third-order valence-electron chi connectivity index (χ3n) is 12.1. The lowest BCUT2D eigenvalue weighted by molar-refractivity contribution is -0.303. The number of hydrogen-bond donors (Lipinski definition) is 8. The largest absolute Gasteiger partial charge is 0.394 e. The summed E-state index contributed by atoms with van der Waals surface area (Å²) in [6.07, 6.45) is 29.7. The zero-order valence-electron chi connectivity index (χ0n) is 37.7. The number of ether oxygens (including phenoxy) is 2. The molecule has 1 fully saturated rings. The van der Waals surface area contributed by atoms with E-state index in [0.717, 1.165) is 51.4 Å². The van der Waals surface area contributed by atoms with Gasteiger partial charge in [0.05, 0.1) is 25.4 Å². The Morgan fingerprint density at radius 2 is 0.983 bits per heavy atom. The molecule has 9 atom stereocenters. The minimum Gasteiger partial charge on any atom is -0.394 e. The van der Waals surface area contributed by atoms with Crippen molar-refractivity contribution in [3.8, 4) is 0 Å². The van der Waals surface area contributed by atoms with Crippen molar-refractivity contribution in [2.24, 2.45) is 0 Å². The Morgan fingerprint density at radius 1 is 0.576 bits per heavy atom. The van der Waals surface area contributed by atoms with Gasteiger partial charge in [-0.1, -0.05) is 193 Å². The van der Waals surface area contributed by atoms with Crippen LogP contribution in [0.3, 0.4) is 0 Å². The maximum absolute atomic E-state index is 13.1. The molecule has 1 amide bonds. The average molecular weight is 844 g/mol. The van der Waals surface area contributed by atoms with E-state index in [1.807, 2.05) is 0 Å². The molecule has 0 bridgehead atoms. The highest BCUT2D eigenvalue weighted by Crippen LogP contribution is 2.23. The van der Waals surface area contributed by atoms with Gasteiger partial charge in [0.1, 0.15) is 36.6 Å². The van der Waals surface area contributed by atoms with E-state index >= 15 is 0 Å². The molecule has 0 aromatic rings. The maximum Gasteiger partial charge on any atom is 0.249 e. The Labute approximate surface area is 360 Å². The number of aliphatic hydroxyl groups excluding tert-OH is 7. The summed E-state index contributed by atoms with van der Waals surface area (Å²) >= 11 is 0. The second-order valence-corrected chi connectivity index (χ2v) is 17.5. The first-order chi connectivity index (χ1) is 28.7. The fraction of sp³-hybridized carbons (Fsp3) is 0.938. The standard InChI is InChI=1S/C48H93NO10/c1-3-5-7-9-11-13-15-17-19-20-21-22-24-26-28-30-32-34-36-41(52)47(57)49-39(38-58-48-46(56)45(55)44(54)42(37-50)59-48)43(53)40(51)35-33-31-29-27-25-23-18-16-14-12-10-8-6-4-2/h18,23,39-46,48,50-56H,3-17,19-22,24-38H2,1-2H3,(H,49,57). The summed E-state index contributed by atoms with van der Waals surface area (Å²) in [6.45, 7) is 3.44. The number of aliphatic hydroxyl groups is 7. The van der Waals surface area contributed by atoms with Crippen LogP contribution in [0.15, 0.2) is 12.2 Å². The van der Waals surface area contributed by atoms with Crippen LogP contribution >= 0.6 is 0 Å². The van der Waals surface area contributed by atoms with Crippen LogP contribution in [0.5, 0.6) is 0 Å². The molecule has 350 valence electrons. The van der Waals surface area contributed by atoms with Gasteiger partial charge in [-0.3, -0.25) is 4.79 Å². The molecule has 1 saturated heterocycles. The summed E-state index contributed by atoms with van der Waals surface area (Å²) in [5.41, 5.74) is 0. The van der Waals surface area contributed by atoms with Gasteiger partial charge >= 0.3 is 0 Å². The summed E-state index contributed by atoms with van der Waals surface area (Å²) in [6, 6.07) is -1.17. The van der Waals surface area contributed by atoms with Gasteiger partial charge in [-0.25, -0.2) is 0 Å². The quantitative estimate of drug-likeness (QED) is 0.0219. The summed E-state index contributed by atoms with van der Waals surface area (Å²) < 4.78 is 11.1. The monoisotopic (exact) mass is 844 g/mol. The molecule has 0 spiro atoms. The van der Waals surface area contributed by atoms with E-state index < -0.39 is 74.2 Å². The van der Waals surface area contributed by atoms with Gasteiger partial charge in [0, 0.05) is 0 Å². The number of unbranched alkanes of at least 4 members (excludes halogenated alkanes) is 27. The second-order valence-electron chi connectivity index (χ2n) is 17.5. The van der Waals surface area contributed by atoms with Gasteiger partial charge < -0.3 is 50.5 Å². The van der Waals surface area contributed by atoms with Crippen LogP contribution in [0.1, 0.15) is 219 Å². The number of hydrogen-bond acceptors (Lipinski definition) is 10. The number of rotatable bonds is 41. The highest BCUT2D eigenvalue weighted by Gasteiger charge is 2.44. The lowest BCUT2D eigenvalue weighted by Crippen LogP contribution is -2.60. The molecule has 1 heterocycles. The molecule has 8 N–H and O–H groups in total. The Kier molecular flexibility index (Phi) is 36.5. The number of carbonyl (C=O) groups is 1. The highest BCUT2D eigenvalue weighted by molar-refractivity contribution is 5.80. The number of allylic oxidation sites excluding steroid dienone is 2. The lowest BCUT2D eigenvalue weighted by atomic mass is 9.98. The predicted molar refractivity (Wildman–Crippen MR) is 238 cm³/mol. The number of nitrogens with one attached hydrogen (secondary N) is 1. The van der Waals surface area contributed by atoms with Crippen molar-refractivity contribution in [2.45, 2.75) is 274 Å². The number of carbonyl (C=O) groups excluding carboxylic acids is 1. The van der Waals surface area contributed by atoms with Crippen LogP contribution in [0, 0.1) is 0 Å². The van der Waals surface area contributed by atoms with Crippen LogP contribution < -0.4 is 5.32 Å².